The van der Waals surface area contributed by atoms with Gasteiger partial charge in [0.15, 0.2) is 0 Å². The highest BCUT2D eigenvalue weighted by Crippen LogP contribution is 2.32. The maximum Gasteiger partial charge on any atom is 0.416 e. The summed E-state index contributed by atoms with van der Waals surface area (Å²) in [5.41, 5.74) is -1.14. The van der Waals surface area contributed by atoms with E-state index >= 15 is 0 Å². The minimum atomic E-state index is -4.56. The number of rotatable bonds is 3. The molecule has 0 atom stereocenters. The molecule has 7 heteroatoms. The second-order valence-corrected chi connectivity index (χ2v) is 3.80. The van der Waals surface area contributed by atoms with Crippen LogP contribution in [0, 0.1) is 0 Å². The average molecular weight is 264 g/mol. The molecular formula is C10H7F3O3S. The molecule has 0 radical (unpaired) electrons. The number of hydrogen-bond acceptors (Lipinski definition) is 2. The van der Waals surface area contributed by atoms with Crippen LogP contribution in [0.25, 0.3) is 0 Å². The summed E-state index contributed by atoms with van der Waals surface area (Å²) in [7, 11) is 0. The quantitative estimate of drug-likeness (QED) is 0.846. The van der Waals surface area contributed by atoms with E-state index in [1.165, 1.54) is 12.1 Å². The molecule has 1 aromatic carbocycles. The Morgan fingerprint density at radius 2 is 1.88 bits per heavy atom. The average Bonchev–Trinajstić information content (AvgIpc) is 2.24. The molecule has 0 aliphatic carbocycles. The Morgan fingerprint density at radius 3 is 2.35 bits per heavy atom. The van der Waals surface area contributed by atoms with Crippen molar-refractivity contribution >= 4 is 22.1 Å². The number of hydrogen-bond donors (Lipinski definition) is 1. The van der Waals surface area contributed by atoms with Crippen molar-refractivity contribution in [3.05, 3.63) is 35.4 Å². The Balaban J connectivity index is 3.16. The lowest BCUT2D eigenvalue weighted by atomic mass is 10.0. The van der Waals surface area contributed by atoms with Crippen molar-refractivity contribution < 1.29 is 27.3 Å². The number of carboxylic acid groups (broad SMARTS) is 1. The van der Waals surface area contributed by atoms with E-state index in [0.717, 1.165) is 12.1 Å². The van der Waals surface area contributed by atoms with E-state index in [9.17, 15) is 22.2 Å². The van der Waals surface area contributed by atoms with Gasteiger partial charge in [-0.05, 0) is 11.6 Å². The van der Waals surface area contributed by atoms with E-state index in [1.807, 2.05) is 0 Å². The summed E-state index contributed by atoms with van der Waals surface area (Å²) < 4.78 is 48.1. The SMILES string of the molecule is O=S=C(Cc1ccccc1C(F)(F)F)C(=O)O. The van der Waals surface area contributed by atoms with E-state index < -0.39 is 29.0 Å². The van der Waals surface area contributed by atoms with E-state index in [0.29, 0.717) is 0 Å². The van der Waals surface area contributed by atoms with Crippen LogP contribution in [0.2, 0.25) is 0 Å². The van der Waals surface area contributed by atoms with Crippen LogP contribution in [0.15, 0.2) is 24.3 Å². The zero-order valence-electron chi connectivity index (χ0n) is 8.32. The summed E-state index contributed by atoms with van der Waals surface area (Å²) in [6, 6.07) is 4.57. The van der Waals surface area contributed by atoms with Gasteiger partial charge in [-0.15, -0.1) is 0 Å². The molecule has 0 saturated heterocycles. The van der Waals surface area contributed by atoms with Crippen molar-refractivity contribution in [3.63, 3.8) is 0 Å². The topological polar surface area (TPSA) is 54.4 Å². The molecule has 0 amide bonds. The van der Waals surface area contributed by atoms with Gasteiger partial charge < -0.3 is 5.11 Å². The number of halogens is 3. The van der Waals surface area contributed by atoms with E-state index in [2.05, 4.69) is 0 Å². The first-order chi connectivity index (χ1) is 7.86. The van der Waals surface area contributed by atoms with Crippen LogP contribution in [-0.4, -0.2) is 20.1 Å². The van der Waals surface area contributed by atoms with Crippen molar-refractivity contribution in [2.75, 3.05) is 0 Å². The van der Waals surface area contributed by atoms with Crippen LogP contribution in [0.5, 0.6) is 0 Å². The highest BCUT2D eigenvalue weighted by Gasteiger charge is 2.33. The van der Waals surface area contributed by atoms with Gasteiger partial charge >= 0.3 is 12.1 Å². The molecule has 0 aliphatic rings. The minimum Gasteiger partial charge on any atom is -0.477 e. The standard InChI is InChI=1S/C10H7F3O3S/c11-10(12,13)7-4-2-1-3-6(7)5-8(17-16)9(14)15/h1-4H,5H2,(H,14,15). The lowest BCUT2D eigenvalue weighted by molar-refractivity contribution is -0.138. The van der Waals surface area contributed by atoms with Crippen LogP contribution < -0.4 is 0 Å². The Labute approximate surface area is 98.0 Å². The van der Waals surface area contributed by atoms with Gasteiger partial charge in [-0.25, -0.2) is 9.00 Å². The molecule has 1 rings (SSSR count). The van der Waals surface area contributed by atoms with Crippen molar-refractivity contribution in [1.29, 1.82) is 0 Å². The molecule has 0 fully saturated rings. The number of aliphatic carboxylic acids is 1. The summed E-state index contributed by atoms with van der Waals surface area (Å²) in [5.74, 6) is -1.50. The normalized spacial score (nSPS) is 11.0. The second-order valence-electron chi connectivity index (χ2n) is 3.14. The van der Waals surface area contributed by atoms with Gasteiger partial charge in [0.05, 0.1) is 5.56 Å². The number of alkyl halides is 3. The Morgan fingerprint density at radius 1 is 1.29 bits per heavy atom. The van der Waals surface area contributed by atoms with E-state index in [-0.39, 0.29) is 16.8 Å². The molecule has 17 heavy (non-hydrogen) atoms. The van der Waals surface area contributed by atoms with E-state index in [1.54, 1.807) is 0 Å². The number of benzene rings is 1. The van der Waals surface area contributed by atoms with Crippen LogP contribution in [0.1, 0.15) is 11.1 Å². The summed E-state index contributed by atoms with van der Waals surface area (Å²) in [6.45, 7) is 0. The Bertz CT molecular complexity index is 490. The highest BCUT2D eigenvalue weighted by atomic mass is 32.1. The zero-order chi connectivity index (χ0) is 13.1. The van der Waals surface area contributed by atoms with Crippen LogP contribution in [0.4, 0.5) is 13.2 Å². The number of carbonyl (C=O) groups is 1. The fourth-order valence-corrected chi connectivity index (χ4v) is 1.55. The predicted molar refractivity (Wildman–Crippen MR) is 55.9 cm³/mol. The smallest absolute Gasteiger partial charge is 0.416 e. The fraction of sp³-hybridized carbons (Fsp3) is 0.200. The van der Waals surface area contributed by atoms with E-state index in [4.69, 9.17) is 5.11 Å². The van der Waals surface area contributed by atoms with Crippen molar-refractivity contribution in [2.24, 2.45) is 0 Å². The maximum atomic E-state index is 12.6. The first kappa shape index (κ1) is 13.4. The lowest BCUT2D eigenvalue weighted by Crippen LogP contribution is -2.18. The van der Waals surface area contributed by atoms with Crippen molar-refractivity contribution in [2.45, 2.75) is 12.6 Å². The van der Waals surface area contributed by atoms with Crippen LogP contribution in [0.3, 0.4) is 0 Å². The molecule has 1 aromatic rings. The molecule has 0 saturated carbocycles. The van der Waals surface area contributed by atoms with Gasteiger partial charge in [0, 0.05) is 6.42 Å². The molecule has 0 heterocycles. The van der Waals surface area contributed by atoms with Gasteiger partial charge in [-0.3, -0.25) is 0 Å². The molecule has 0 spiro atoms. The lowest BCUT2D eigenvalue weighted by Gasteiger charge is -2.11. The second kappa shape index (κ2) is 5.13. The van der Waals surface area contributed by atoms with Gasteiger partial charge in [0.25, 0.3) is 0 Å². The summed E-state index contributed by atoms with van der Waals surface area (Å²) in [6.07, 6.45) is -5.09. The Kier molecular flexibility index (Phi) is 4.06. The molecule has 0 unspecified atom stereocenters. The zero-order valence-corrected chi connectivity index (χ0v) is 9.14. The summed E-state index contributed by atoms with van der Waals surface area (Å²) in [5, 5.41) is 8.59. The molecule has 1 N–H and O–H groups in total. The van der Waals surface area contributed by atoms with Crippen LogP contribution >= 0.6 is 0 Å². The van der Waals surface area contributed by atoms with Gasteiger partial charge in [-0.1, -0.05) is 18.2 Å². The van der Waals surface area contributed by atoms with Crippen molar-refractivity contribution in [3.8, 4) is 0 Å². The third kappa shape index (κ3) is 3.42. The van der Waals surface area contributed by atoms with Crippen LogP contribution in [-0.2, 0) is 28.6 Å². The first-order valence-corrected chi connectivity index (χ1v) is 5.14. The summed E-state index contributed by atoms with van der Waals surface area (Å²) in [4.78, 5) is 9.99. The molecular weight excluding hydrogens is 257 g/mol. The minimum absolute atomic E-state index is 0.222. The molecule has 0 aromatic heterocycles. The molecule has 92 valence electrons. The first-order valence-electron chi connectivity index (χ1n) is 4.40. The fourth-order valence-electron chi connectivity index (χ4n) is 1.26. The number of carboxylic acids is 1. The molecule has 3 nitrogen and oxygen atoms in total. The van der Waals surface area contributed by atoms with Gasteiger partial charge in [-0.2, -0.15) is 13.2 Å². The van der Waals surface area contributed by atoms with Gasteiger partial charge in [0.2, 0.25) is 0 Å². The largest absolute Gasteiger partial charge is 0.477 e. The Hall–Kier alpha value is -1.63. The molecule has 0 aliphatic heterocycles. The summed E-state index contributed by atoms with van der Waals surface area (Å²) >= 11 is -0.308. The predicted octanol–water partition coefficient (Wildman–Crippen LogP) is 1.72. The molecule has 0 bridgehead atoms. The van der Waals surface area contributed by atoms with Crippen molar-refractivity contribution in [1.82, 2.24) is 0 Å². The van der Waals surface area contributed by atoms with Gasteiger partial charge in [0.1, 0.15) is 16.1 Å². The third-order valence-corrected chi connectivity index (χ3v) is 2.53. The monoisotopic (exact) mass is 264 g/mol. The maximum absolute atomic E-state index is 12.6. The third-order valence-electron chi connectivity index (χ3n) is 2.01. The highest BCUT2D eigenvalue weighted by molar-refractivity contribution is 7.68.